The lowest BCUT2D eigenvalue weighted by Gasteiger charge is -2.10. The van der Waals surface area contributed by atoms with Crippen LogP contribution in [-0.4, -0.2) is 15.7 Å². The van der Waals surface area contributed by atoms with Gasteiger partial charge in [0.15, 0.2) is 0 Å². The van der Waals surface area contributed by atoms with Gasteiger partial charge in [-0.2, -0.15) is 0 Å². The normalized spacial score (nSPS) is 10.6. The van der Waals surface area contributed by atoms with E-state index >= 15 is 0 Å². The maximum Gasteiger partial charge on any atom is 0.331 e. The first kappa shape index (κ1) is 15.6. The molecule has 1 aromatic heterocycles. The van der Waals surface area contributed by atoms with Crippen LogP contribution in [-0.2, 0) is 13.1 Å². The molecular weight excluding hydrogens is 336 g/mol. The fraction of sp³-hybridized carbons (Fsp3) is 0.333. The molecule has 5 nitrogen and oxygen atoms in total. The van der Waals surface area contributed by atoms with E-state index in [0.717, 1.165) is 10.9 Å². The molecule has 2 aromatic rings. The summed E-state index contributed by atoms with van der Waals surface area (Å²) in [5, 5.41) is 0. The van der Waals surface area contributed by atoms with Crippen LogP contribution in [0.5, 0.6) is 5.75 Å². The van der Waals surface area contributed by atoms with Crippen LogP contribution in [0.3, 0.4) is 0 Å². The van der Waals surface area contributed by atoms with Crippen LogP contribution in [0.25, 0.3) is 0 Å². The molecule has 0 amide bonds. The van der Waals surface area contributed by atoms with Crippen LogP contribution in [0, 0.1) is 0 Å². The topological polar surface area (TPSA) is 53.2 Å². The second kappa shape index (κ2) is 7.26. The van der Waals surface area contributed by atoms with E-state index in [1.807, 2.05) is 31.2 Å². The van der Waals surface area contributed by atoms with Crippen molar-refractivity contribution < 1.29 is 4.74 Å². The summed E-state index contributed by atoms with van der Waals surface area (Å²) in [4.78, 5) is 23.9. The van der Waals surface area contributed by atoms with E-state index in [9.17, 15) is 9.59 Å². The van der Waals surface area contributed by atoms with Gasteiger partial charge in [-0.05, 0) is 30.7 Å². The fourth-order valence-electron chi connectivity index (χ4n) is 1.96. The first-order chi connectivity index (χ1) is 10.1. The number of ether oxygens (including phenoxy) is 1. The molecule has 0 aliphatic heterocycles. The van der Waals surface area contributed by atoms with Gasteiger partial charge in [0, 0.05) is 23.3 Å². The second-order valence-corrected chi connectivity index (χ2v) is 5.50. The number of nitrogens with zero attached hydrogens (tertiary/aromatic N) is 2. The number of hydrogen-bond acceptors (Lipinski definition) is 3. The molecule has 0 saturated carbocycles. The molecule has 0 aliphatic rings. The number of rotatable bonds is 6. The zero-order valence-corrected chi connectivity index (χ0v) is 13.4. The Bertz CT molecular complexity index is 704. The number of aryl methyl sites for hydroxylation is 1. The summed E-state index contributed by atoms with van der Waals surface area (Å²) in [6.07, 6.45) is 2.38. The Morgan fingerprint density at radius 2 is 1.81 bits per heavy atom. The van der Waals surface area contributed by atoms with Crippen LogP contribution in [0.1, 0.15) is 13.3 Å². The lowest BCUT2D eigenvalue weighted by atomic mass is 10.3. The summed E-state index contributed by atoms with van der Waals surface area (Å²) < 4.78 is 9.26. The molecule has 0 fully saturated rings. The molecule has 0 unspecified atom stereocenters. The van der Waals surface area contributed by atoms with Crippen molar-refractivity contribution in [2.45, 2.75) is 26.4 Å². The summed E-state index contributed by atoms with van der Waals surface area (Å²) >= 11 is 3.35. The number of halogens is 1. The third kappa shape index (κ3) is 4.07. The van der Waals surface area contributed by atoms with Crippen molar-refractivity contribution in [1.82, 2.24) is 9.13 Å². The van der Waals surface area contributed by atoms with E-state index in [0.29, 0.717) is 12.3 Å². The third-order valence-electron chi connectivity index (χ3n) is 3.00. The molecule has 112 valence electrons. The summed E-state index contributed by atoms with van der Waals surface area (Å²) in [5.74, 6) is 0.705. The van der Waals surface area contributed by atoms with Crippen molar-refractivity contribution in [1.29, 1.82) is 0 Å². The molecule has 0 bridgehead atoms. The maximum absolute atomic E-state index is 12.1. The Labute approximate surface area is 130 Å². The zero-order chi connectivity index (χ0) is 15.2. The molecule has 0 saturated heterocycles. The van der Waals surface area contributed by atoms with Gasteiger partial charge in [0.25, 0.3) is 5.56 Å². The Kier molecular flexibility index (Phi) is 5.38. The second-order valence-electron chi connectivity index (χ2n) is 4.58. The van der Waals surface area contributed by atoms with Crippen molar-refractivity contribution in [2.75, 3.05) is 6.61 Å². The van der Waals surface area contributed by atoms with Crippen LogP contribution in [0.4, 0.5) is 0 Å². The zero-order valence-electron chi connectivity index (χ0n) is 11.8. The van der Waals surface area contributed by atoms with Gasteiger partial charge in [-0.3, -0.25) is 9.36 Å². The van der Waals surface area contributed by atoms with Crippen LogP contribution >= 0.6 is 15.9 Å². The van der Waals surface area contributed by atoms with Crippen LogP contribution in [0.2, 0.25) is 0 Å². The summed E-state index contributed by atoms with van der Waals surface area (Å²) in [6.45, 7) is 3.09. The summed E-state index contributed by atoms with van der Waals surface area (Å²) in [5.41, 5.74) is -0.587. The highest BCUT2D eigenvalue weighted by molar-refractivity contribution is 9.10. The van der Waals surface area contributed by atoms with Crippen LogP contribution in [0.15, 0.2) is 50.6 Å². The minimum atomic E-state index is -0.299. The standard InChI is InChI=1S/C15H17BrN2O3/c1-2-8-17-9-7-14(19)18(15(17)20)10-11-21-13-5-3-12(16)4-6-13/h3-7,9H,2,8,10-11H2,1H3. The molecule has 0 radical (unpaired) electrons. The Hall–Kier alpha value is -1.82. The average molecular weight is 353 g/mol. The highest BCUT2D eigenvalue weighted by Gasteiger charge is 2.05. The number of aromatic nitrogens is 2. The predicted octanol–water partition coefficient (Wildman–Crippen LogP) is 2.26. The van der Waals surface area contributed by atoms with Gasteiger partial charge < -0.3 is 9.30 Å². The number of hydrogen-bond donors (Lipinski definition) is 0. The molecule has 21 heavy (non-hydrogen) atoms. The smallest absolute Gasteiger partial charge is 0.331 e. The molecule has 6 heteroatoms. The molecule has 1 aromatic carbocycles. The molecule has 0 aliphatic carbocycles. The fourth-order valence-corrected chi connectivity index (χ4v) is 2.22. The van der Waals surface area contributed by atoms with Gasteiger partial charge in [0.05, 0.1) is 6.54 Å². The van der Waals surface area contributed by atoms with E-state index < -0.39 is 0 Å². The van der Waals surface area contributed by atoms with Gasteiger partial charge >= 0.3 is 5.69 Å². The van der Waals surface area contributed by atoms with E-state index in [1.54, 1.807) is 10.8 Å². The molecule has 1 heterocycles. The first-order valence-electron chi connectivity index (χ1n) is 6.80. The monoisotopic (exact) mass is 352 g/mol. The van der Waals surface area contributed by atoms with Gasteiger partial charge in [-0.1, -0.05) is 22.9 Å². The lowest BCUT2D eigenvalue weighted by Crippen LogP contribution is -2.40. The van der Waals surface area contributed by atoms with Crippen molar-refractivity contribution in [3.05, 3.63) is 61.8 Å². The largest absolute Gasteiger partial charge is 0.492 e. The summed E-state index contributed by atoms with van der Waals surface area (Å²) in [7, 11) is 0. The minimum absolute atomic E-state index is 0.234. The van der Waals surface area contributed by atoms with Crippen molar-refractivity contribution in [2.24, 2.45) is 0 Å². The molecule has 2 rings (SSSR count). The summed E-state index contributed by atoms with van der Waals surface area (Å²) in [6, 6.07) is 8.81. The molecule has 0 atom stereocenters. The highest BCUT2D eigenvalue weighted by atomic mass is 79.9. The number of benzene rings is 1. The Balaban J connectivity index is 2.06. The van der Waals surface area contributed by atoms with Gasteiger partial charge in [0.2, 0.25) is 0 Å². The third-order valence-corrected chi connectivity index (χ3v) is 3.53. The maximum atomic E-state index is 12.1. The highest BCUT2D eigenvalue weighted by Crippen LogP contribution is 2.15. The molecule has 0 N–H and O–H groups in total. The van der Waals surface area contributed by atoms with E-state index in [1.165, 1.54) is 10.6 Å². The lowest BCUT2D eigenvalue weighted by molar-refractivity contribution is 0.291. The Morgan fingerprint density at radius 1 is 1.10 bits per heavy atom. The SMILES string of the molecule is CCCn1ccc(=O)n(CCOc2ccc(Br)cc2)c1=O. The van der Waals surface area contributed by atoms with Crippen LogP contribution < -0.4 is 16.0 Å². The minimum Gasteiger partial charge on any atom is -0.492 e. The predicted molar refractivity (Wildman–Crippen MR) is 84.9 cm³/mol. The van der Waals surface area contributed by atoms with E-state index in [4.69, 9.17) is 4.74 Å². The Morgan fingerprint density at radius 3 is 2.48 bits per heavy atom. The molecular formula is C15H17BrN2O3. The van der Waals surface area contributed by atoms with Crippen molar-refractivity contribution in [3.63, 3.8) is 0 Å². The van der Waals surface area contributed by atoms with E-state index in [-0.39, 0.29) is 24.4 Å². The van der Waals surface area contributed by atoms with Gasteiger partial charge in [-0.25, -0.2) is 4.79 Å². The molecule has 0 spiro atoms. The first-order valence-corrected chi connectivity index (χ1v) is 7.59. The quantitative estimate of drug-likeness (QED) is 0.801. The van der Waals surface area contributed by atoms with Gasteiger partial charge in [-0.15, -0.1) is 0 Å². The average Bonchev–Trinajstić information content (AvgIpc) is 2.48. The van der Waals surface area contributed by atoms with Crippen molar-refractivity contribution >= 4 is 15.9 Å². The van der Waals surface area contributed by atoms with Gasteiger partial charge in [0.1, 0.15) is 12.4 Å². The van der Waals surface area contributed by atoms with E-state index in [2.05, 4.69) is 15.9 Å². The van der Waals surface area contributed by atoms with Crippen molar-refractivity contribution in [3.8, 4) is 5.75 Å².